The number of carbonyl (C=O) groups excluding carboxylic acids is 1. The molecule has 1 saturated heterocycles. The van der Waals surface area contributed by atoms with Crippen molar-refractivity contribution in [3.63, 3.8) is 0 Å². The fraction of sp³-hybridized carbons (Fsp3) is 0.500. The number of nitrogens with zero attached hydrogens (tertiary/aromatic N) is 3. The van der Waals surface area contributed by atoms with E-state index < -0.39 is 0 Å². The number of aromatic nitrogens is 2. The van der Waals surface area contributed by atoms with Crippen molar-refractivity contribution in [1.82, 2.24) is 15.0 Å². The molecule has 1 aliphatic carbocycles. The van der Waals surface area contributed by atoms with Crippen molar-refractivity contribution >= 4 is 5.91 Å². The Bertz CT molecular complexity index is 748. The van der Waals surface area contributed by atoms with E-state index in [-0.39, 0.29) is 11.9 Å². The van der Waals surface area contributed by atoms with E-state index in [9.17, 15) is 4.79 Å². The molecule has 1 aromatic carbocycles. The standard InChI is InChI=1S/C18H21N3O2/c1-11-3-4-13(9-12(11)2)10-21-15(7-8-16(21)22)18-19-17(20-23-18)14-5-6-14/h3-4,9,14-15H,5-8,10H2,1-2H3. The SMILES string of the molecule is Cc1ccc(CN2C(=O)CCC2c2nc(C3CC3)no2)cc1C. The first-order valence-electron chi connectivity index (χ1n) is 8.31. The van der Waals surface area contributed by atoms with E-state index in [1.54, 1.807) is 0 Å². The summed E-state index contributed by atoms with van der Waals surface area (Å²) in [6.07, 6.45) is 3.61. The van der Waals surface area contributed by atoms with Crippen molar-refractivity contribution < 1.29 is 9.32 Å². The van der Waals surface area contributed by atoms with Gasteiger partial charge in [0.05, 0.1) is 0 Å². The van der Waals surface area contributed by atoms with E-state index in [1.165, 1.54) is 11.1 Å². The lowest BCUT2D eigenvalue weighted by molar-refractivity contribution is -0.129. The van der Waals surface area contributed by atoms with E-state index in [0.29, 0.717) is 24.8 Å². The second-order valence-electron chi connectivity index (χ2n) is 6.76. The molecular weight excluding hydrogens is 290 g/mol. The lowest BCUT2D eigenvalue weighted by Crippen LogP contribution is -2.27. The fourth-order valence-electron chi connectivity index (χ4n) is 3.18. The van der Waals surface area contributed by atoms with Gasteiger partial charge >= 0.3 is 0 Å². The summed E-state index contributed by atoms with van der Waals surface area (Å²) in [4.78, 5) is 18.7. The van der Waals surface area contributed by atoms with Gasteiger partial charge in [0.1, 0.15) is 6.04 Å². The van der Waals surface area contributed by atoms with Crippen LogP contribution in [0.15, 0.2) is 22.7 Å². The first-order chi connectivity index (χ1) is 11.1. The molecule has 1 unspecified atom stereocenters. The number of carbonyl (C=O) groups is 1. The molecule has 5 heteroatoms. The fourth-order valence-corrected chi connectivity index (χ4v) is 3.18. The van der Waals surface area contributed by atoms with E-state index in [0.717, 1.165) is 30.7 Å². The van der Waals surface area contributed by atoms with Gasteiger partial charge in [-0.25, -0.2) is 0 Å². The number of aryl methyl sites for hydroxylation is 2. The molecule has 2 aliphatic rings. The van der Waals surface area contributed by atoms with Gasteiger partial charge in [0.2, 0.25) is 11.8 Å². The number of likely N-dealkylation sites (tertiary alicyclic amines) is 1. The maximum absolute atomic E-state index is 12.3. The van der Waals surface area contributed by atoms with Crippen molar-refractivity contribution in [2.24, 2.45) is 0 Å². The molecule has 1 aromatic heterocycles. The van der Waals surface area contributed by atoms with Crippen molar-refractivity contribution in [2.75, 3.05) is 0 Å². The van der Waals surface area contributed by atoms with Crippen LogP contribution in [0.25, 0.3) is 0 Å². The van der Waals surface area contributed by atoms with Gasteiger partial charge in [0, 0.05) is 18.9 Å². The van der Waals surface area contributed by atoms with Gasteiger partial charge in [-0.3, -0.25) is 4.79 Å². The van der Waals surface area contributed by atoms with Crippen molar-refractivity contribution in [1.29, 1.82) is 0 Å². The number of rotatable bonds is 4. The summed E-state index contributed by atoms with van der Waals surface area (Å²) in [6.45, 7) is 4.80. The lowest BCUT2D eigenvalue weighted by Gasteiger charge is -2.22. The average Bonchev–Trinajstić information content (AvgIpc) is 3.17. The predicted octanol–water partition coefficient (Wildman–Crippen LogP) is 3.43. The molecule has 0 radical (unpaired) electrons. The van der Waals surface area contributed by atoms with Crippen LogP contribution in [0.4, 0.5) is 0 Å². The van der Waals surface area contributed by atoms with E-state index >= 15 is 0 Å². The van der Waals surface area contributed by atoms with Crippen LogP contribution in [0.5, 0.6) is 0 Å². The Morgan fingerprint density at radius 2 is 2.04 bits per heavy atom. The normalized spacial score (nSPS) is 21.2. The zero-order valence-electron chi connectivity index (χ0n) is 13.6. The molecule has 1 atom stereocenters. The van der Waals surface area contributed by atoms with Crippen LogP contribution < -0.4 is 0 Å². The molecule has 1 amide bonds. The smallest absolute Gasteiger partial charge is 0.249 e. The predicted molar refractivity (Wildman–Crippen MR) is 84.7 cm³/mol. The van der Waals surface area contributed by atoms with Gasteiger partial charge in [-0.2, -0.15) is 4.98 Å². The van der Waals surface area contributed by atoms with Crippen molar-refractivity contribution in [3.8, 4) is 0 Å². The molecule has 23 heavy (non-hydrogen) atoms. The van der Waals surface area contributed by atoms with Crippen molar-refractivity contribution in [3.05, 3.63) is 46.6 Å². The molecule has 120 valence electrons. The monoisotopic (exact) mass is 311 g/mol. The van der Waals surface area contributed by atoms with Gasteiger partial charge in [-0.05, 0) is 49.8 Å². The highest BCUT2D eigenvalue weighted by Crippen LogP contribution is 2.40. The van der Waals surface area contributed by atoms with Crippen LogP contribution in [-0.4, -0.2) is 20.9 Å². The van der Waals surface area contributed by atoms with E-state index in [4.69, 9.17) is 4.52 Å². The van der Waals surface area contributed by atoms with E-state index in [1.807, 2.05) is 4.90 Å². The van der Waals surface area contributed by atoms with Crippen LogP contribution in [0.1, 0.15) is 66.0 Å². The summed E-state index contributed by atoms with van der Waals surface area (Å²) in [5, 5.41) is 4.09. The lowest BCUT2D eigenvalue weighted by atomic mass is 10.1. The van der Waals surface area contributed by atoms with E-state index in [2.05, 4.69) is 42.2 Å². The Kier molecular flexibility index (Phi) is 3.43. The molecule has 5 nitrogen and oxygen atoms in total. The number of hydrogen-bond donors (Lipinski definition) is 0. The minimum atomic E-state index is -0.0795. The molecule has 2 heterocycles. The zero-order chi connectivity index (χ0) is 16.0. The Morgan fingerprint density at radius 3 is 2.78 bits per heavy atom. The third-order valence-electron chi connectivity index (χ3n) is 4.94. The van der Waals surface area contributed by atoms with Crippen molar-refractivity contribution in [2.45, 2.75) is 58.0 Å². The first kappa shape index (κ1) is 14.4. The zero-order valence-corrected chi connectivity index (χ0v) is 13.6. The highest BCUT2D eigenvalue weighted by Gasteiger charge is 2.37. The average molecular weight is 311 g/mol. The van der Waals surface area contributed by atoms with Crippen LogP contribution in [0.2, 0.25) is 0 Å². The number of benzene rings is 1. The van der Waals surface area contributed by atoms with Gasteiger partial charge in [0.15, 0.2) is 5.82 Å². The third-order valence-corrected chi connectivity index (χ3v) is 4.94. The molecule has 2 fully saturated rings. The van der Waals surface area contributed by atoms with Gasteiger partial charge in [-0.15, -0.1) is 0 Å². The Morgan fingerprint density at radius 1 is 1.22 bits per heavy atom. The first-order valence-corrected chi connectivity index (χ1v) is 8.31. The molecule has 2 aromatic rings. The van der Waals surface area contributed by atoms with Gasteiger partial charge in [-0.1, -0.05) is 23.4 Å². The quantitative estimate of drug-likeness (QED) is 0.868. The second-order valence-corrected chi connectivity index (χ2v) is 6.76. The van der Waals surface area contributed by atoms with Crippen LogP contribution >= 0.6 is 0 Å². The largest absolute Gasteiger partial charge is 0.337 e. The molecule has 1 saturated carbocycles. The Labute approximate surface area is 135 Å². The second kappa shape index (κ2) is 5.48. The van der Waals surface area contributed by atoms with Crippen LogP contribution in [0, 0.1) is 13.8 Å². The minimum absolute atomic E-state index is 0.0795. The third kappa shape index (κ3) is 2.76. The highest BCUT2D eigenvalue weighted by molar-refractivity contribution is 5.78. The summed E-state index contributed by atoms with van der Waals surface area (Å²) in [7, 11) is 0. The van der Waals surface area contributed by atoms with Gasteiger partial charge < -0.3 is 9.42 Å². The van der Waals surface area contributed by atoms with Crippen LogP contribution in [0.3, 0.4) is 0 Å². The molecule has 0 spiro atoms. The summed E-state index contributed by atoms with van der Waals surface area (Å²) in [5.41, 5.74) is 3.67. The van der Waals surface area contributed by atoms with Crippen LogP contribution in [-0.2, 0) is 11.3 Å². The maximum Gasteiger partial charge on any atom is 0.249 e. The highest BCUT2D eigenvalue weighted by atomic mass is 16.5. The Balaban J connectivity index is 1.56. The molecule has 0 N–H and O–H groups in total. The number of amides is 1. The maximum atomic E-state index is 12.3. The van der Waals surface area contributed by atoms with Gasteiger partial charge in [0.25, 0.3) is 0 Å². The molecular formula is C18H21N3O2. The molecule has 0 bridgehead atoms. The Hall–Kier alpha value is -2.17. The molecule has 1 aliphatic heterocycles. The summed E-state index contributed by atoms with van der Waals surface area (Å²) in [5.74, 6) is 2.05. The summed E-state index contributed by atoms with van der Waals surface area (Å²) < 4.78 is 5.45. The number of hydrogen-bond acceptors (Lipinski definition) is 4. The summed E-state index contributed by atoms with van der Waals surface area (Å²) >= 11 is 0. The minimum Gasteiger partial charge on any atom is -0.337 e. The topological polar surface area (TPSA) is 59.2 Å². The molecule has 4 rings (SSSR count). The summed E-state index contributed by atoms with van der Waals surface area (Å²) in [6, 6.07) is 6.28.